The van der Waals surface area contributed by atoms with Crippen LogP contribution in [0.5, 0.6) is 0 Å². The van der Waals surface area contributed by atoms with Gasteiger partial charge in [0, 0.05) is 24.6 Å². The molecule has 0 spiro atoms. The second-order valence-corrected chi connectivity index (χ2v) is 6.37. The van der Waals surface area contributed by atoms with E-state index in [0.717, 1.165) is 6.07 Å². The molecular formula is C15H11F7N4O4. The van der Waals surface area contributed by atoms with E-state index >= 15 is 0 Å². The van der Waals surface area contributed by atoms with Crippen LogP contribution in [0.3, 0.4) is 0 Å². The molecule has 3 rings (SSSR count). The minimum absolute atomic E-state index is 0.435. The molecule has 1 aliphatic heterocycles. The molecule has 0 saturated carbocycles. The van der Waals surface area contributed by atoms with Gasteiger partial charge in [-0.1, -0.05) is 0 Å². The van der Waals surface area contributed by atoms with Gasteiger partial charge in [-0.3, -0.25) is 0 Å². The highest BCUT2D eigenvalue weighted by Gasteiger charge is 2.47. The summed E-state index contributed by atoms with van der Waals surface area (Å²) < 4.78 is 97.2. The van der Waals surface area contributed by atoms with Gasteiger partial charge in [-0.25, -0.2) is 28.2 Å². The Morgan fingerprint density at radius 3 is 2.50 bits per heavy atom. The van der Waals surface area contributed by atoms with E-state index in [1.807, 2.05) is 0 Å². The molecule has 3 heterocycles. The second-order valence-electron chi connectivity index (χ2n) is 6.37. The predicted molar refractivity (Wildman–Crippen MR) is 80.8 cm³/mol. The van der Waals surface area contributed by atoms with Crippen LogP contribution in [0.1, 0.15) is 29.7 Å². The summed E-state index contributed by atoms with van der Waals surface area (Å²) >= 11 is 0. The number of carbonyl (C=O) groups is 1. The summed E-state index contributed by atoms with van der Waals surface area (Å²) in [6, 6.07) is 0.846. The molecule has 0 fully saturated rings. The van der Waals surface area contributed by atoms with Gasteiger partial charge >= 0.3 is 24.2 Å². The van der Waals surface area contributed by atoms with Gasteiger partial charge in [0.15, 0.2) is 17.7 Å². The van der Waals surface area contributed by atoms with Crippen molar-refractivity contribution in [1.82, 2.24) is 19.3 Å². The molecule has 0 amide bonds. The number of halogens is 7. The third-order valence-electron chi connectivity index (χ3n) is 4.40. The van der Waals surface area contributed by atoms with Crippen LogP contribution in [0.15, 0.2) is 17.1 Å². The maximum atomic E-state index is 14.2. The van der Waals surface area contributed by atoms with Gasteiger partial charge in [-0.05, 0) is 6.07 Å². The number of aromatic nitrogens is 4. The Bertz CT molecular complexity index is 1030. The number of alkyl halides is 6. The van der Waals surface area contributed by atoms with Crippen molar-refractivity contribution in [2.75, 3.05) is 0 Å². The molecule has 30 heavy (non-hydrogen) atoms. The van der Waals surface area contributed by atoms with E-state index in [4.69, 9.17) is 5.11 Å². The minimum atomic E-state index is -5.11. The Kier molecular flexibility index (Phi) is 5.24. The lowest BCUT2D eigenvalue weighted by Crippen LogP contribution is -2.39. The largest absolute Gasteiger partial charge is 0.507 e. The van der Waals surface area contributed by atoms with E-state index in [1.54, 1.807) is 0 Å². The van der Waals surface area contributed by atoms with E-state index in [2.05, 4.69) is 14.8 Å². The average molecular weight is 444 g/mol. The molecule has 2 atom stereocenters. The molecular weight excluding hydrogens is 433 g/mol. The second kappa shape index (κ2) is 7.28. The van der Waals surface area contributed by atoms with Crippen LogP contribution < -0.4 is 5.69 Å². The van der Waals surface area contributed by atoms with Gasteiger partial charge < -0.3 is 9.84 Å². The Morgan fingerprint density at radius 1 is 1.27 bits per heavy atom. The first-order chi connectivity index (χ1) is 13.8. The molecule has 164 valence electrons. The van der Waals surface area contributed by atoms with Crippen molar-refractivity contribution in [3.63, 3.8) is 0 Å². The normalized spacial score (nSPS) is 19.4. The highest BCUT2D eigenvalue weighted by molar-refractivity contribution is 5.56. The quantitative estimate of drug-likeness (QED) is 0.578. The first-order valence-corrected chi connectivity index (χ1v) is 8.14. The molecule has 1 aliphatic rings. The average Bonchev–Trinajstić information content (AvgIpc) is 2.90. The molecule has 0 radical (unpaired) electrons. The molecule has 2 unspecified atom stereocenters. The van der Waals surface area contributed by atoms with Gasteiger partial charge in [-0.15, -0.1) is 0 Å². The number of rotatable bonds is 3. The first kappa shape index (κ1) is 21.6. The Hall–Kier alpha value is -3.13. The summed E-state index contributed by atoms with van der Waals surface area (Å²) in [7, 11) is 0. The molecule has 1 N–H and O–H groups in total. The summed E-state index contributed by atoms with van der Waals surface area (Å²) in [4.78, 5) is 26.2. The van der Waals surface area contributed by atoms with Gasteiger partial charge in [0.05, 0.1) is 12.5 Å². The van der Waals surface area contributed by atoms with Crippen LogP contribution in [0, 0.1) is 11.7 Å². The number of pyridine rings is 1. The Balaban J connectivity index is 2.02. The fourth-order valence-corrected chi connectivity index (χ4v) is 3.08. The number of ether oxygens (including phenoxy) is 1. The summed E-state index contributed by atoms with van der Waals surface area (Å²) in [5.41, 5.74) is -3.64. The van der Waals surface area contributed by atoms with Crippen molar-refractivity contribution in [3.05, 3.63) is 45.6 Å². The zero-order valence-electron chi connectivity index (χ0n) is 14.5. The highest BCUT2D eigenvalue weighted by atomic mass is 19.4. The minimum Gasteiger partial charge on any atom is -0.450 e. The van der Waals surface area contributed by atoms with E-state index in [9.17, 15) is 40.3 Å². The molecule has 0 aliphatic carbocycles. The van der Waals surface area contributed by atoms with Crippen molar-refractivity contribution in [2.45, 2.75) is 38.0 Å². The van der Waals surface area contributed by atoms with Crippen molar-refractivity contribution in [1.29, 1.82) is 0 Å². The van der Waals surface area contributed by atoms with Crippen LogP contribution in [-0.4, -0.2) is 36.8 Å². The molecule has 0 saturated heterocycles. The zero-order chi connectivity index (χ0) is 22.4. The smallest absolute Gasteiger partial charge is 0.450 e. The lowest BCUT2D eigenvalue weighted by Gasteiger charge is -2.29. The van der Waals surface area contributed by atoms with Crippen LogP contribution >= 0.6 is 0 Å². The fourth-order valence-electron chi connectivity index (χ4n) is 3.08. The molecule has 0 bridgehead atoms. The molecule has 2 aromatic heterocycles. The van der Waals surface area contributed by atoms with E-state index in [-0.39, 0.29) is 0 Å². The number of nitrogens with zero attached hydrogens (tertiary/aromatic N) is 4. The third kappa shape index (κ3) is 4.09. The highest BCUT2D eigenvalue weighted by Crippen LogP contribution is 2.38. The summed E-state index contributed by atoms with van der Waals surface area (Å²) in [6.45, 7) is -0.854. The first-order valence-electron chi connectivity index (χ1n) is 8.14. The summed E-state index contributed by atoms with van der Waals surface area (Å²) in [6.07, 6.45) is -14.7. The van der Waals surface area contributed by atoms with Gasteiger partial charge in [0.25, 0.3) is 0 Å². The predicted octanol–water partition coefficient (Wildman–Crippen LogP) is 2.96. The van der Waals surface area contributed by atoms with Crippen molar-refractivity contribution >= 4 is 6.16 Å². The van der Waals surface area contributed by atoms with Crippen LogP contribution in [0.2, 0.25) is 0 Å². The maximum absolute atomic E-state index is 14.2. The number of hydrogen-bond donors (Lipinski definition) is 1. The van der Waals surface area contributed by atoms with Crippen LogP contribution in [0.25, 0.3) is 0 Å². The van der Waals surface area contributed by atoms with Crippen LogP contribution in [0.4, 0.5) is 35.5 Å². The lowest BCUT2D eigenvalue weighted by molar-refractivity contribution is -0.191. The zero-order valence-corrected chi connectivity index (χ0v) is 14.5. The summed E-state index contributed by atoms with van der Waals surface area (Å²) in [5, 5.41) is 12.4. The third-order valence-corrected chi connectivity index (χ3v) is 4.40. The lowest BCUT2D eigenvalue weighted by atomic mass is 9.96. The van der Waals surface area contributed by atoms with Crippen molar-refractivity contribution < 1.29 is 45.4 Å². The maximum Gasteiger partial charge on any atom is 0.507 e. The number of hydrogen-bond acceptors (Lipinski definition) is 5. The molecule has 15 heteroatoms. The standard InChI is InChI=1S/C15H11F7N4O4/c16-10-6(1-2-23-11(10)15(20,21)22)5-25-12(27)26-8(24-25)3-7(14(17,18)19)4-9(26)30-13(28)29/h1-2,7,9H,3-5H2,(H,28,29). The van der Waals surface area contributed by atoms with E-state index in [1.165, 1.54) is 0 Å². The number of fused-ring (bicyclic) bond motifs is 1. The number of carboxylic acid groups (broad SMARTS) is 1. The van der Waals surface area contributed by atoms with Gasteiger partial charge in [0.2, 0.25) is 0 Å². The fraction of sp³-hybridized carbons (Fsp3) is 0.467. The van der Waals surface area contributed by atoms with Crippen LogP contribution in [-0.2, 0) is 23.9 Å². The van der Waals surface area contributed by atoms with Gasteiger partial charge in [0.1, 0.15) is 5.82 Å². The van der Waals surface area contributed by atoms with Gasteiger partial charge in [-0.2, -0.15) is 31.4 Å². The Labute approximate surface area is 161 Å². The monoisotopic (exact) mass is 444 g/mol. The van der Waals surface area contributed by atoms with E-state index < -0.39 is 78.6 Å². The van der Waals surface area contributed by atoms with Crippen molar-refractivity contribution in [3.8, 4) is 0 Å². The molecule has 0 aromatic carbocycles. The molecule has 2 aromatic rings. The van der Waals surface area contributed by atoms with E-state index in [0.29, 0.717) is 15.4 Å². The SMILES string of the molecule is O=C(O)OC1CC(C(F)(F)F)Cc2nn(Cc3ccnc(C(F)(F)F)c3F)c(=O)n21. The van der Waals surface area contributed by atoms with Crippen molar-refractivity contribution in [2.24, 2.45) is 5.92 Å². The topological polar surface area (TPSA) is 99.2 Å². The molecule has 8 nitrogen and oxygen atoms in total. The summed E-state index contributed by atoms with van der Waals surface area (Å²) in [5.74, 6) is -4.33. The Morgan fingerprint density at radius 2 is 1.93 bits per heavy atom.